The molecule has 3 heteroatoms. The first-order chi connectivity index (χ1) is 24.1. The van der Waals surface area contributed by atoms with Crippen LogP contribution in [-0.4, -0.2) is 14.0 Å². The number of nitrogens with zero attached hydrogens (tertiary/aromatic N) is 3. The van der Waals surface area contributed by atoms with Crippen molar-refractivity contribution in [1.82, 2.24) is 14.0 Å². The summed E-state index contributed by atoms with van der Waals surface area (Å²) in [5.74, 6) is 0. The predicted molar refractivity (Wildman–Crippen MR) is 205 cm³/mol. The second-order valence-electron chi connectivity index (χ2n) is 14.0. The molecular weight excluding hydrogens is 595 g/mol. The average Bonchev–Trinajstić information content (AvgIpc) is 3.78. The lowest BCUT2D eigenvalue weighted by Crippen LogP contribution is -2.14. The van der Waals surface area contributed by atoms with Crippen LogP contribution < -0.4 is 0 Å². The quantitative estimate of drug-likeness (QED) is 0.175. The Hall–Kier alpha value is -6.19. The summed E-state index contributed by atoms with van der Waals surface area (Å²) in [7, 11) is 0. The van der Waals surface area contributed by atoms with Crippen LogP contribution in [-0.2, 0) is 5.41 Å². The van der Waals surface area contributed by atoms with Gasteiger partial charge in [0.25, 0.3) is 0 Å². The van der Waals surface area contributed by atoms with E-state index in [4.69, 9.17) is 4.98 Å². The smallest absolute Gasteiger partial charge is 0.146 e. The highest BCUT2D eigenvalue weighted by Gasteiger charge is 2.35. The molecule has 10 aromatic rings. The highest BCUT2D eigenvalue weighted by Crippen LogP contribution is 2.49. The van der Waals surface area contributed by atoms with Gasteiger partial charge >= 0.3 is 0 Å². The van der Waals surface area contributed by atoms with Gasteiger partial charge in [0.05, 0.1) is 27.6 Å². The molecule has 3 heterocycles. The number of para-hydroxylation sites is 4. The van der Waals surface area contributed by atoms with Crippen molar-refractivity contribution in [1.29, 1.82) is 0 Å². The SMILES string of the molecule is CC1(C)c2ccccc2-c2cc(-c3cccc(-n4c5ccccc5c5c6c7ccccc7n7c8ccccc8nc7c6ccc54)c3)ccc21. The molecule has 0 unspecified atom stereocenters. The molecule has 0 saturated carbocycles. The number of benzene rings is 7. The highest BCUT2D eigenvalue weighted by atomic mass is 15.0. The number of pyridine rings is 1. The zero-order valence-corrected chi connectivity index (χ0v) is 27.3. The topological polar surface area (TPSA) is 22.2 Å². The molecule has 3 nitrogen and oxygen atoms in total. The maximum absolute atomic E-state index is 5.19. The summed E-state index contributed by atoms with van der Waals surface area (Å²) in [4.78, 5) is 5.19. The Morgan fingerprint density at radius 2 is 1.16 bits per heavy atom. The molecule has 0 aliphatic heterocycles. The number of fused-ring (bicyclic) bond motifs is 15. The van der Waals surface area contributed by atoms with E-state index in [0.29, 0.717) is 0 Å². The number of aromatic nitrogens is 3. The number of rotatable bonds is 2. The standard InChI is InChI=1S/C46H31N3/c1-46(2)36-17-6-3-14-31(36)35-27-29(22-24-37(35)46)28-12-11-13-30(26-28)48-39-19-8-5-16-33(39)44-42(48)25-23-34-43(44)32-15-4-9-20-40(32)49-41-21-10-7-18-38(41)47-45(34)49/h3-27H,1-2H3. The minimum Gasteiger partial charge on any atom is -0.309 e. The van der Waals surface area contributed by atoms with E-state index in [-0.39, 0.29) is 5.41 Å². The molecule has 7 aromatic carbocycles. The van der Waals surface area contributed by atoms with Gasteiger partial charge in [0, 0.05) is 38.0 Å². The number of hydrogen-bond donors (Lipinski definition) is 0. The van der Waals surface area contributed by atoms with Gasteiger partial charge in [0.2, 0.25) is 0 Å². The van der Waals surface area contributed by atoms with Crippen LogP contribution in [0.5, 0.6) is 0 Å². The summed E-state index contributed by atoms with van der Waals surface area (Å²) in [5.41, 5.74) is 15.8. The van der Waals surface area contributed by atoms with E-state index in [0.717, 1.165) is 22.4 Å². The summed E-state index contributed by atoms with van der Waals surface area (Å²) in [5, 5.41) is 6.16. The normalized spacial score (nSPS) is 13.7. The summed E-state index contributed by atoms with van der Waals surface area (Å²) in [6.07, 6.45) is 0. The molecule has 0 saturated heterocycles. The predicted octanol–water partition coefficient (Wildman–Crippen LogP) is 11.9. The first kappa shape index (κ1) is 26.8. The third-order valence-electron chi connectivity index (χ3n) is 11.1. The fourth-order valence-electron chi connectivity index (χ4n) is 8.86. The van der Waals surface area contributed by atoms with Crippen LogP contribution in [0.25, 0.3) is 88.1 Å². The van der Waals surface area contributed by atoms with Crippen molar-refractivity contribution in [3.63, 3.8) is 0 Å². The van der Waals surface area contributed by atoms with Crippen LogP contribution >= 0.6 is 0 Å². The fraction of sp³-hybridized carbons (Fsp3) is 0.0652. The van der Waals surface area contributed by atoms with Gasteiger partial charge in [-0.1, -0.05) is 111 Å². The van der Waals surface area contributed by atoms with E-state index in [1.54, 1.807) is 0 Å². The van der Waals surface area contributed by atoms with Crippen molar-refractivity contribution in [3.05, 3.63) is 163 Å². The van der Waals surface area contributed by atoms with E-state index in [9.17, 15) is 0 Å². The third-order valence-corrected chi connectivity index (χ3v) is 11.1. The van der Waals surface area contributed by atoms with Gasteiger partial charge < -0.3 is 4.57 Å². The van der Waals surface area contributed by atoms with Crippen molar-refractivity contribution < 1.29 is 0 Å². The van der Waals surface area contributed by atoms with Crippen LogP contribution in [0.3, 0.4) is 0 Å². The van der Waals surface area contributed by atoms with Gasteiger partial charge in [-0.15, -0.1) is 0 Å². The van der Waals surface area contributed by atoms with Gasteiger partial charge in [-0.25, -0.2) is 4.98 Å². The second kappa shape index (κ2) is 9.46. The molecule has 3 aromatic heterocycles. The average molecular weight is 626 g/mol. The van der Waals surface area contributed by atoms with Crippen LogP contribution in [0, 0.1) is 0 Å². The Morgan fingerprint density at radius 1 is 0.469 bits per heavy atom. The Kier molecular flexibility index (Phi) is 5.18. The summed E-state index contributed by atoms with van der Waals surface area (Å²) < 4.78 is 4.78. The van der Waals surface area contributed by atoms with E-state index in [1.165, 1.54) is 76.9 Å². The van der Waals surface area contributed by atoms with Crippen molar-refractivity contribution in [3.8, 4) is 27.9 Å². The molecule has 0 bridgehead atoms. The molecular formula is C46H31N3. The van der Waals surface area contributed by atoms with E-state index < -0.39 is 0 Å². The first-order valence-corrected chi connectivity index (χ1v) is 17.1. The van der Waals surface area contributed by atoms with Crippen molar-refractivity contribution >= 4 is 60.2 Å². The summed E-state index contributed by atoms with van der Waals surface area (Å²) in [6, 6.07) is 55.6. The molecule has 49 heavy (non-hydrogen) atoms. The zero-order valence-electron chi connectivity index (χ0n) is 27.3. The molecule has 230 valence electrons. The lowest BCUT2D eigenvalue weighted by Gasteiger charge is -2.21. The minimum atomic E-state index is -0.00306. The van der Waals surface area contributed by atoms with Crippen LogP contribution in [0.4, 0.5) is 0 Å². The molecule has 0 amide bonds. The molecule has 1 aliphatic carbocycles. The molecule has 0 spiro atoms. The monoisotopic (exact) mass is 625 g/mol. The van der Waals surface area contributed by atoms with E-state index in [1.807, 2.05) is 0 Å². The molecule has 0 radical (unpaired) electrons. The maximum Gasteiger partial charge on any atom is 0.146 e. The lowest BCUT2D eigenvalue weighted by molar-refractivity contribution is 0.660. The minimum absolute atomic E-state index is 0.00306. The molecule has 0 atom stereocenters. The second-order valence-corrected chi connectivity index (χ2v) is 14.0. The molecule has 1 aliphatic rings. The van der Waals surface area contributed by atoms with Crippen LogP contribution in [0.15, 0.2) is 152 Å². The Labute approximate surface area is 283 Å². The summed E-state index contributed by atoms with van der Waals surface area (Å²) in [6.45, 7) is 4.68. The van der Waals surface area contributed by atoms with E-state index in [2.05, 4.69) is 174 Å². The molecule has 11 rings (SSSR count). The van der Waals surface area contributed by atoms with Crippen LogP contribution in [0.2, 0.25) is 0 Å². The Bertz CT molecular complexity index is 3030. The Morgan fingerprint density at radius 3 is 2.04 bits per heavy atom. The maximum atomic E-state index is 5.19. The van der Waals surface area contributed by atoms with E-state index >= 15 is 0 Å². The van der Waals surface area contributed by atoms with Gasteiger partial charge in [-0.05, 0) is 88.0 Å². The summed E-state index contributed by atoms with van der Waals surface area (Å²) >= 11 is 0. The first-order valence-electron chi connectivity index (χ1n) is 17.1. The number of hydrogen-bond acceptors (Lipinski definition) is 1. The number of imidazole rings is 1. The largest absolute Gasteiger partial charge is 0.309 e. The van der Waals surface area contributed by atoms with Crippen LogP contribution in [0.1, 0.15) is 25.0 Å². The zero-order chi connectivity index (χ0) is 32.4. The van der Waals surface area contributed by atoms with Gasteiger partial charge in [0.15, 0.2) is 0 Å². The van der Waals surface area contributed by atoms with Crippen molar-refractivity contribution in [2.24, 2.45) is 0 Å². The van der Waals surface area contributed by atoms with Gasteiger partial charge in [0.1, 0.15) is 5.65 Å². The van der Waals surface area contributed by atoms with Crippen molar-refractivity contribution in [2.45, 2.75) is 19.3 Å². The van der Waals surface area contributed by atoms with Gasteiger partial charge in [-0.3, -0.25) is 4.40 Å². The molecule has 0 fully saturated rings. The molecule has 0 N–H and O–H groups in total. The highest BCUT2D eigenvalue weighted by molar-refractivity contribution is 6.30. The third kappa shape index (κ3) is 3.49. The fourth-order valence-corrected chi connectivity index (χ4v) is 8.86. The Balaban J connectivity index is 1.18. The van der Waals surface area contributed by atoms with Crippen molar-refractivity contribution in [2.75, 3.05) is 0 Å². The lowest BCUT2D eigenvalue weighted by atomic mass is 9.82. The van der Waals surface area contributed by atoms with Gasteiger partial charge in [-0.2, -0.15) is 0 Å².